The molecule has 3 N–H and O–H groups in total. The van der Waals surface area contributed by atoms with Gasteiger partial charge in [0.15, 0.2) is 0 Å². The van der Waals surface area contributed by atoms with Crippen LogP contribution in [-0.2, 0) is 17.6 Å². The van der Waals surface area contributed by atoms with Crippen LogP contribution in [0.25, 0.3) is 0 Å². The quantitative estimate of drug-likeness (QED) is 0.285. The highest BCUT2D eigenvalue weighted by Gasteiger charge is 2.22. The van der Waals surface area contributed by atoms with Gasteiger partial charge in [0.05, 0.1) is 6.42 Å². The van der Waals surface area contributed by atoms with Crippen molar-refractivity contribution < 1.29 is 4.79 Å². The van der Waals surface area contributed by atoms with Crippen LogP contribution in [0, 0.1) is 0 Å². The number of nitrogens with one attached hydrogen (secondary N) is 1. The van der Waals surface area contributed by atoms with Crippen molar-refractivity contribution in [1.29, 1.82) is 0 Å². The predicted molar refractivity (Wildman–Crippen MR) is 115 cm³/mol. The molecule has 0 bridgehead atoms. The Bertz CT molecular complexity index is 649. The SMILES string of the molecule is CN=CC(N(C)/C=C/CCc1ccc(CC(=O)NN)cc1)N1CCN(C)CC1. The number of hydrogen-bond donors (Lipinski definition) is 2. The number of carbonyl (C=O) groups excluding carboxylic acids is 1. The van der Waals surface area contributed by atoms with Crippen LogP contribution >= 0.6 is 0 Å². The minimum Gasteiger partial charge on any atom is -0.361 e. The molecule has 7 nitrogen and oxygen atoms in total. The van der Waals surface area contributed by atoms with E-state index in [1.807, 2.05) is 25.4 Å². The van der Waals surface area contributed by atoms with Crippen LogP contribution in [0.3, 0.4) is 0 Å². The van der Waals surface area contributed by atoms with Crippen LogP contribution < -0.4 is 11.3 Å². The Balaban J connectivity index is 1.82. The highest BCUT2D eigenvalue weighted by atomic mass is 16.2. The molecule has 7 heteroatoms. The number of carbonyl (C=O) groups is 1. The number of aliphatic imine (C=N–C) groups is 1. The molecule has 1 aromatic rings. The van der Waals surface area contributed by atoms with Gasteiger partial charge in [-0.25, -0.2) is 5.84 Å². The molecule has 1 amide bonds. The summed E-state index contributed by atoms with van der Waals surface area (Å²) in [6.45, 7) is 4.29. The lowest BCUT2D eigenvalue weighted by Gasteiger charge is -2.39. The minimum absolute atomic E-state index is 0.177. The zero-order valence-electron chi connectivity index (χ0n) is 17.3. The molecule has 1 saturated heterocycles. The summed E-state index contributed by atoms with van der Waals surface area (Å²) >= 11 is 0. The first-order valence-electron chi connectivity index (χ1n) is 9.84. The molecule has 0 saturated carbocycles. The molecule has 1 aromatic carbocycles. The van der Waals surface area contributed by atoms with E-state index in [1.54, 1.807) is 0 Å². The van der Waals surface area contributed by atoms with Crippen LogP contribution in [0.15, 0.2) is 41.5 Å². The molecule has 1 atom stereocenters. The molecule has 2 rings (SSSR count). The molecule has 1 fully saturated rings. The summed E-state index contributed by atoms with van der Waals surface area (Å²) in [5, 5.41) is 0. The Hall–Kier alpha value is -2.22. The number of piperazine rings is 1. The van der Waals surface area contributed by atoms with E-state index in [0.717, 1.165) is 44.6 Å². The largest absolute Gasteiger partial charge is 0.361 e. The third-order valence-corrected chi connectivity index (χ3v) is 5.10. The van der Waals surface area contributed by atoms with Gasteiger partial charge in [-0.15, -0.1) is 0 Å². The van der Waals surface area contributed by atoms with E-state index in [2.05, 4.69) is 63.6 Å². The molecular weight excluding hydrogens is 352 g/mol. The summed E-state index contributed by atoms with van der Waals surface area (Å²) in [4.78, 5) is 22.6. The molecule has 1 aliphatic heterocycles. The number of allylic oxidation sites excluding steroid dienone is 1. The maximum Gasteiger partial charge on any atom is 0.238 e. The summed E-state index contributed by atoms with van der Waals surface area (Å²) in [7, 11) is 6.11. The Morgan fingerprint density at radius 1 is 1.25 bits per heavy atom. The molecule has 0 spiro atoms. The number of benzene rings is 1. The maximum absolute atomic E-state index is 11.3. The standard InChI is InChI=1S/C21H34N6O/c1-23-17-21(27-14-12-25(2)13-15-27)26(3)11-5-4-6-18-7-9-19(10-8-18)16-20(28)24-22/h5,7-11,17,21H,4,6,12-16,22H2,1-3H3,(H,24,28)/b11-5+,23-17?. The molecule has 1 heterocycles. The van der Waals surface area contributed by atoms with Gasteiger partial charge < -0.3 is 9.80 Å². The number of hydrogen-bond acceptors (Lipinski definition) is 6. The Kier molecular flexibility index (Phi) is 9.13. The molecule has 0 radical (unpaired) electrons. The second-order valence-electron chi connectivity index (χ2n) is 7.31. The molecule has 154 valence electrons. The number of amides is 1. The number of aryl methyl sites for hydroxylation is 1. The van der Waals surface area contributed by atoms with Crippen LogP contribution in [0.5, 0.6) is 0 Å². The van der Waals surface area contributed by atoms with E-state index in [0.29, 0.717) is 6.42 Å². The normalized spacial score (nSPS) is 17.3. The third-order valence-electron chi connectivity index (χ3n) is 5.10. The Morgan fingerprint density at radius 2 is 1.89 bits per heavy atom. The first-order valence-corrected chi connectivity index (χ1v) is 9.84. The number of nitrogens with zero attached hydrogens (tertiary/aromatic N) is 4. The smallest absolute Gasteiger partial charge is 0.238 e. The summed E-state index contributed by atoms with van der Waals surface area (Å²) in [5.41, 5.74) is 4.38. The van der Waals surface area contributed by atoms with Crippen molar-refractivity contribution in [3.8, 4) is 0 Å². The highest BCUT2D eigenvalue weighted by Crippen LogP contribution is 2.10. The molecule has 28 heavy (non-hydrogen) atoms. The van der Waals surface area contributed by atoms with Crippen molar-refractivity contribution in [3.63, 3.8) is 0 Å². The average molecular weight is 387 g/mol. The van der Waals surface area contributed by atoms with E-state index >= 15 is 0 Å². The number of likely N-dealkylation sites (N-methyl/N-ethyl adjacent to an activating group) is 1. The average Bonchev–Trinajstić information content (AvgIpc) is 2.71. The van der Waals surface area contributed by atoms with Crippen molar-refractivity contribution in [3.05, 3.63) is 47.7 Å². The van der Waals surface area contributed by atoms with Crippen molar-refractivity contribution in [2.24, 2.45) is 10.8 Å². The van der Waals surface area contributed by atoms with E-state index in [4.69, 9.17) is 5.84 Å². The lowest BCUT2D eigenvalue weighted by atomic mass is 10.1. The van der Waals surface area contributed by atoms with Gasteiger partial charge in [-0.2, -0.15) is 0 Å². The van der Waals surface area contributed by atoms with Crippen LogP contribution in [-0.4, -0.2) is 80.3 Å². The highest BCUT2D eigenvalue weighted by molar-refractivity contribution is 5.77. The van der Waals surface area contributed by atoms with Crippen molar-refractivity contribution in [2.45, 2.75) is 25.4 Å². The fourth-order valence-corrected chi connectivity index (χ4v) is 3.32. The molecule has 1 aliphatic rings. The number of hydrazine groups is 1. The Labute approximate surface area is 168 Å². The van der Waals surface area contributed by atoms with E-state index in [1.165, 1.54) is 5.56 Å². The van der Waals surface area contributed by atoms with Crippen LogP contribution in [0.4, 0.5) is 0 Å². The van der Waals surface area contributed by atoms with Gasteiger partial charge in [-0.3, -0.25) is 20.1 Å². The zero-order chi connectivity index (χ0) is 20.4. The van der Waals surface area contributed by atoms with Crippen molar-refractivity contribution >= 4 is 12.1 Å². The minimum atomic E-state index is -0.177. The van der Waals surface area contributed by atoms with Crippen LogP contribution in [0.1, 0.15) is 17.5 Å². The van der Waals surface area contributed by atoms with Gasteiger partial charge >= 0.3 is 0 Å². The first kappa shape index (κ1) is 22.1. The van der Waals surface area contributed by atoms with E-state index in [-0.39, 0.29) is 12.1 Å². The fourth-order valence-electron chi connectivity index (χ4n) is 3.32. The third kappa shape index (κ3) is 7.07. The molecule has 0 aliphatic carbocycles. The number of rotatable bonds is 9. The summed E-state index contributed by atoms with van der Waals surface area (Å²) in [5.74, 6) is 4.95. The first-order chi connectivity index (χ1) is 13.5. The van der Waals surface area contributed by atoms with Gasteiger partial charge in [0.2, 0.25) is 5.91 Å². The molecule has 0 aromatic heterocycles. The van der Waals surface area contributed by atoms with Gasteiger partial charge in [-0.05, 0) is 37.2 Å². The lowest BCUT2D eigenvalue weighted by Crippen LogP contribution is -2.54. The van der Waals surface area contributed by atoms with Gasteiger partial charge in [0.25, 0.3) is 0 Å². The second kappa shape index (κ2) is 11.6. The van der Waals surface area contributed by atoms with Crippen molar-refractivity contribution in [2.75, 3.05) is 47.3 Å². The van der Waals surface area contributed by atoms with Gasteiger partial charge in [0.1, 0.15) is 6.17 Å². The second-order valence-corrected chi connectivity index (χ2v) is 7.31. The Morgan fingerprint density at radius 3 is 2.50 bits per heavy atom. The lowest BCUT2D eigenvalue weighted by molar-refractivity contribution is -0.120. The monoisotopic (exact) mass is 386 g/mol. The summed E-state index contributed by atoms with van der Waals surface area (Å²) in [6.07, 6.45) is 8.83. The summed E-state index contributed by atoms with van der Waals surface area (Å²) in [6, 6.07) is 8.13. The fraction of sp³-hybridized carbons (Fsp3) is 0.524. The predicted octanol–water partition coefficient (Wildman–Crippen LogP) is 0.871. The summed E-state index contributed by atoms with van der Waals surface area (Å²) < 4.78 is 0. The number of nitrogens with two attached hydrogens (primary N) is 1. The van der Waals surface area contributed by atoms with E-state index in [9.17, 15) is 4.79 Å². The van der Waals surface area contributed by atoms with Gasteiger partial charge in [-0.1, -0.05) is 30.3 Å². The van der Waals surface area contributed by atoms with Crippen LogP contribution in [0.2, 0.25) is 0 Å². The van der Waals surface area contributed by atoms with E-state index < -0.39 is 0 Å². The van der Waals surface area contributed by atoms with Gasteiger partial charge in [0, 0.05) is 46.5 Å². The maximum atomic E-state index is 11.3. The molecule has 1 unspecified atom stereocenters. The zero-order valence-corrected chi connectivity index (χ0v) is 17.3. The molecular formula is C21H34N6O. The van der Waals surface area contributed by atoms with Crippen molar-refractivity contribution in [1.82, 2.24) is 20.1 Å². The topological polar surface area (TPSA) is 77.2 Å².